The monoisotopic (exact) mass is 288 g/mol. The Morgan fingerprint density at radius 2 is 2.00 bits per heavy atom. The maximum Gasteiger partial charge on any atom is 0.226 e. The highest BCUT2D eigenvalue weighted by Crippen LogP contribution is 2.37. The number of carbonyl (C=O) groups excluding carboxylic acids is 1. The summed E-state index contributed by atoms with van der Waals surface area (Å²) < 4.78 is 0. The SMILES string of the molecule is CC1(C(=O)N[C@@H]2CCCN(c3ncccn3)C2)CCCC1. The quantitative estimate of drug-likeness (QED) is 0.926. The van der Waals surface area contributed by atoms with Crippen LogP contribution in [0.4, 0.5) is 5.95 Å². The van der Waals surface area contributed by atoms with Gasteiger partial charge >= 0.3 is 0 Å². The molecule has 0 spiro atoms. The van der Waals surface area contributed by atoms with Crippen LogP contribution in [0.2, 0.25) is 0 Å². The normalized spacial score (nSPS) is 24.8. The zero-order chi connectivity index (χ0) is 14.7. The van der Waals surface area contributed by atoms with Gasteiger partial charge in [-0.25, -0.2) is 9.97 Å². The van der Waals surface area contributed by atoms with Crippen LogP contribution >= 0.6 is 0 Å². The number of aromatic nitrogens is 2. The van der Waals surface area contributed by atoms with Gasteiger partial charge in [-0.3, -0.25) is 4.79 Å². The van der Waals surface area contributed by atoms with Crippen molar-refractivity contribution in [3.63, 3.8) is 0 Å². The first-order valence-electron chi connectivity index (χ1n) is 8.00. The molecule has 0 unspecified atom stereocenters. The van der Waals surface area contributed by atoms with Crippen molar-refractivity contribution in [2.75, 3.05) is 18.0 Å². The summed E-state index contributed by atoms with van der Waals surface area (Å²) in [7, 11) is 0. The van der Waals surface area contributed by atoms with Gasteiger partial charge in [0.05, 0.1) is 0 Å². The molecule has 0 bridgehead atoms. The van der Waals surface area contributed by atoms with Gasteiger partial charge in [0, 0.05) is 36.9 Å². The summed E-state index contributed by atoms with van der Waals surface area (Å²) in [5, 5.41) is 3.26. The second kappa shape index (κ2) is 6.00. The largest absolute Gasteiger partial charge is 0.351 e. The Bertz CT molecular complexity index is 484. The molecule has 0 aromatic carbocycles. The average Bonchev–Trinajstić information content (AvgIpc) is 2.97. The summed E-state index contributed by atoms with van der Waals surface area (Å²) in [6.07, 6.45) is 10.1. The van der Waals surface area contributed by atoms with Crippen LogP contribution in [0.15, 0.2) is 18.5 Å². The van der Waals surface area contributed by atoms with E-state index in [-0.39, 0.29) is 17.4 Å². The Labute approximate surface area is 126 Å². The number of hydrogen-bond donors (Lipinski definition) is 1. The highest BCUT2D eigenvalue weighted by atomic mass is 16.2. The van der Waals surface area contributed by atoms with Gasteiger partial charge in [-0.1, -0.05) is 19.8 Å². The van der Waals surface area contributed by atoms with E-state index in [1.165, 1.54) is 12.8 Å². The Hall–Kier alpha value is -1.65. The van der Waals surface area contributed by atoms with Gasteiger partial charge in [-0.05, 0) is 31.7 Å². The summed E-state index contributed by atoms with van der Waals surface area (Å²) in [5.41, 5.74) is -0.147. The summed E-state index contributed by atoms with van der Waals surface area (Å²) in [4.78, 5) is 23.3. The summed E-state index contributed by atoms with van der Waals surface area (Å²) >= 11 is 0. The number of amides is 1. The molecule has 1 saturated carbocycles. The van der Waals surface area contributed by atoms with Gasteiger partial charge in [0.15, 0.2) is 0 Å². The number of nitrogens with one attached hydrogen (secondary N) is 1. The first-order valence-corrected chi connectivity index (χ1v) is 8.00. The van der Waals surface area contributed by atoms with E-state index in [4.69, 9.17) is 0 Å². The first kappa shape index (κ1) is 14.3. The van der Waals surface area contributed by atoms with E-state index in [9.17, 15) is 4.79 Å². The lowest BCUT2D eigenvalue weighted by Gasteiger charge is -2.35. The fourth-order valence-corrected chi connectivity index (χ4v) is 3.47. The predicted molar refractivity (Wildman–Crippen MR) is 82.0 cm³/mol. The Balaban J connectivity index is 1.60. The van der Waals surface area contributed by atoms with Crippen LogP contribution < -0.4 is 10.2 Å². The number of rotatable bonds is 3. The first-order chi connectivity index (χ1) is 10.2. The summed E-state index contributed by atoms with van der Waals surface area (Å²) in [5.74, 6) is 1.00. The molecular weight excluding hydrogens is 264 g/mol. The lowest BCUT2D eigenvalue weighted by Crippen LogP contribution is -2.51. The third kappa shape index (κ3) is 3.17. The van der Waals surface area contributed by atoms with E-state index >= 15 is 0 Å². The Morgan fingerprint density at radius 3 is 2.71 bits per heavy atom. The van der Waals surface area contributed by atoms with Crippen LogP contribution in [-0.4, -0.2) is 35.0 Å². The number of hydrogen-bond acceptors (Lipinski definition) is 4. The van der Waals surface area contributed by atoms with Crippen molar-refractivity contribution in [3.05, 3.63) is 18.5 Å². The molecule has 5 nitrogen and oxygen atoms in total. The minimum absolute atomic E-state index is 0.147. The molecule has 1 saturated heterocycles. The van der Waals surface area contributed by atoms with Crippen LogP contribution in [0, 0.1) is 5.41 Å². The second-order valence-corrected chi connectivity index (χ2v) is 6.58. The van der Waals surface area contributed by atoms with Crippen molar-refractivity contribution in [2.45, 2.75) is 51.5 Å². The Morgan fingerprint density at radius 1 is 1.29 bits per heavy atom. The van der Waals surface area contributed by atoms with Gasteiger partial charge in [0.25, 0.3) is 0 Å². The fraction of sp³-hybridized carbons (Fsp3) is 0.688. The molecule has 2 aliphatic rings. The lowest BCUT2D eigenvalue weighted by molar-refractivity contribution is -0.130. The van der Waals surface area contributed by atoms with Crippen LogP contribution in [0.3, 0.4) is 0 Å². The summed E-state index contributed by atoms with van der Waals surface area (Å²) in [6, 6.07) is 2.04. The van der Waals surface area contributed by atoms with Crippen LogP contribution in [0.5, 0.6) is 0 Å². The zero-order valence-corrected chi connectivity index (χ0v) is 12.7. The van der Waals surface area contributed by atoms with Crippen molar-refractivity contribution in [3.8, 4) is 0 Å². The molecule has 5 heteroatoms. The molecule has 3 rings (SSSR count). The predicted octanol–water partition coefficient (Wildman–Crippen LogP) is 2.14. The second-order valence-electron chi connectivity index (χ2n) is 6.58. The molecule has 1 aliphatic heterocycles. The third-order valence-corrected chi connectivity index (χ3v) is 4.85. The molecule has 2 fully saturated rings. The number of anilines is 1. The van der Waals surface area contributed by atoms with Crippen LogP contribution in [0.25, 0.3) is 0 Å². The minimum atomic E-state index is -0.147. The van der Waals surface area contributed by atoms with Crippen molar-refractivity contribution in [1.29, 1.82) is 0 Å². The zero-order valence-electron chi connectivity index (χ0n) is 12.7. The highest BCUT2D eigenvalue weighted by Gasteiger charge is 2.37. The smallest absolute Gasteiger partial charge is 0.226 e. The molecule has 1 aromatic rings. The number of nitrogens with zero attached hydrogens (tertiary/aromatic N) is 3. The van der Waals surface area contributed by atoms with E-state index in [2.05, 4.69) is 27.1 Å². The van der Waals surface area contributed by atoms with E-state index in [0.717, 1.165) is 44.7 Å². The van der Waals surface area contributed by atoms with E-state index in [1.54, 1.807) is 12.4 Å². The molecule has 1 aromatic heterocycles. The molecule has 1 N–H and O–H groups in total. The molecule has 2 heterocycles. The van der Waals surface area contributed by atoms with Crippen molar-refractivity contribution >= 4 is 11.9 Å². The van der Waals surface area contributed by atoms with E-state index in [1.807, 2.05) is 6.07 Å². The van der Waals surface area contributed by atoms with Gasteiger partial charge in [-0.15, -0.1) is 0 Å². The highest BCUT2D eigenvalue weighted by molar-refractivity contribution is 5.82. The van der Waals surface area contributed by atoms with E-state index in [0.29, 0.717) is 0 Å². The molecule has 1 aliphatic carbocycles. The van der Waals surface area contributed by atoms with E-state index < -0.39 is 0 Å². The average molecular weight is 288 g/mol. The topological polar surface area (TPSA) is 58.1 Å². The van der Waals surface area contributed by atoms with Gasteiger partial charge in [0.2, 0.25) is 11.9 Å². The van der Waals surface area contributed by atoms with Crippen molar-refractivity contribution < 1.29 is 4.79 Å². The van der Waals surface area contributed by atoms with Crippen LogP contribution in [-0.2, 0) is 4.79 Å². The number of piperidine rings is 1. The maximum absolute atomic E-state index is 12.5. The van der Waals surface area contributed by atoms with Gasteiger partial charge < -0.3 is 10.2 Å². The minimum Gasteiger partial charge on any atom is -0.351 e. The fourth-order valence-electron chi connectivity index (χ4n) is 3.47. The van der Waals surface area contributed by atoms with Crippen LogP contribution in [0.1, 0.15) is 45.4 Å². The van der Waals surface area contributed by atoms with Crippen molar-refractivity contribution in [2.24, 2.45) is 5.41 Å². The number of carbonyl (C=O) groups is 1. The Kier molecular flexibility index (Phi) is 4.08. The summed E-state index contributed by atoms with van der Waals surface area (Å²) in [6.45, 7) is 3.88. The lowest BCUT2D eigenvalue weighted by atomic mass is 9.87. The van der Waals surface area contributed by atoms with Gasteiger partial charge in [-0.2, -0.15) is 0 Å². The standard InChI is InChI=1S/C16H24N4O/c1-16(7-2-3-8-16)14(21)19-13-6-4-11-20(12-13)15-17-9-5-10-18-15/h5,9-10,13H,2-4,6-8,11-12H2,1H3,(H,19,21)/t13-/m1/s1. The molecular formula is C16H24N4O. The van der Waals surface area contributed by atoms with Crippen molar-refractivity contribution in [1.82, 2.24) is 15.3 Å². The van der Waals surface area contributed by atoms with Gasteiger partial charge in [0.1, 0.15) is 0 Å². The molecule has 1 atom stereocenters. The third-order valence-electron chi connectivity index (χ3n) is 4.85. The molecule has 1 amide bonds. The molecule has 21 heavy (non-hydrogen) atoms. The molecule has 0 radical (unpaired) electrons. The molecule has 114 valence electrons. The maximum atomic E-state index is 12.5.